The van der Waals surface area contributed by atoms with Crippen LogP contribution in [0.3, 0.4) is 0 Å². The molecule has 0 atom stereocenters. The first-order valence-electron chi connectivity index (χ1n) is 9.79. The van der Waals surface area contributed by atoms with E-state index in [1.165, 1.54) is 0 Å². The first kappa shape index (κ1) is 19.4. The Kier molecular flexibility index (Phi) is 6.03. The first-order chi connectivity index (χ1) is 12.4. The zero-order valence-electron chi connectivity index (χ0n) is 15.8. The van der Waals surface area contributed by atoms with E-state index in [1.807, 2.05) is 6.92 Å². The second-order valence-electron chi connectivity index (χ2n) is 7.87. The number of benzene rings is 1. The Balaban J connectivity index is 1.77. The molecule has 2 fully saturated rings. The third kappa shape index (κ3) is 4.29. The van der Waals surface area contributed by atoms with E-state index in [4.69, 9.17) is 0 Å². The van der Waals surface area contributed by atoms with Crippen LogP contribution in [0.5, 0.6) is 0 Å². The lowest BCUT2D eigenvalue weighted by Gasteiger charge is -2.27. The van der Waals surface area contributed by atoms with E-state index in [-0.39, 0.29) is 16.8 Å². The van der Waals surface area contributed by atoms with Crippen molar-refractivity contribution in [3.8, 4) is 0 Å². The molecule has 0 bridgehead atoms. The Bertz CT molecular complexity index is 746. The van der Waals surface area contributed by atoms with E-state index < -0.39 is 10.0 Å². The van der Waals surface area contributed by atoms with E-state index in [0.717, 1.165) is 56.4 Å². The molecule has 5 nitrogen and oxygen atoms in total. The summed E-state index contributed by atoms with van der Waals surface area (Å²) in [5.74, 6) is 0.570. The summed E-state index contributed by atoms with van der Waals surface area (Å²) in [6.07, 6.45) is 7.14. The summed E-state index contributed by atoms with van der Waals surface area (Å²) in [6, 6.07) is 5.12. The number of nitrogens with one attached hydrogen (secondary N) is 1. The van der Waals surface area contributed by atoms with Crippen LogP contribution in [-0.4, -0.2) is 37.8 Å². The lowest BCUT2D eigenvalue weighted by Crippen LogP contribution is -2.38. The number of hydrogen-bond donors (Lipinski definition) is 1. The minimum absolute atomic E-state index is 0.155. The van der Waals surface area contributed by atoms with E-state index in [0.29, 0.717) is 18.7 Å². The van der Waals surface area contributed by atoms with Gasteiger partial charge in [0.25, 0.3) is 5.91 Å². The van der Waals surface area contributed by atoms with Gasteiger partial charge in [0.1, 0.15) is 0 Å². The first-order valence-corrected chi connectivity index (χ1v) is 11.2. The van der Waals surface area contributed by atoms with E-state index >= 15 is 0 Å². The molecular weight excluding hydrogens is 348 g/mol. The molecule has 1 heterocycles. The average Bonchev–Trinajstić information content (AvgIpc) is 2.64. The van der Waals surface area contributed by atoms with Crippen molar-refractivity contribution < 1.29 is 13.2 Å². The maximum absolute atomic E-state index is 12.9. The van der Waals surface area contributed by atoms with Gasteiger partial charge in [-0.25, -0.2) is 8.42 Å². The number of sulfonamides is 1. The molecule has 0 unspecified atom stereocenters. The van der Waals surface area contributed by atoms with Crippen molar-refractivity contribution in [1.82, 2.24) is 9.62 Å². The molecule has 1 aliphatic heterocycles. The maximum Gasteiger partial charge on any atom is 0.251 e. The van der Waals surface area contributed by atoms with Gasteiger partial charge in [-0.3, -0.25) is 4.79 Å². The quantitative estimate of drug-likeness (QED) is 0.872. The second kappa shape index (κ2) is 8.09. The molecule has 6 heteroatoms. The van der Waals surface area contributed by atoms with Gasteiger partial charge in [0.2, 0.25) is 10.0 Å². The van der Waals surface area contributed by atoms with Crippen LogP contribution in [0.2, 0.25) is 0 Å². The van der Waals surface area contributed by atoms with Crippen LogP contribution in [0.4, 0.5) is 0 Å². The normalized spacial score (nSPS) is 25.0. The highest BCUT2D eigenvalue weighted by molar-refractivity contribution is 7.89. The Morgan fingerprint density at radius 1 is 1.08 bits per heavy atom. The summed E-state index contributed by atoms with van der Waals surface area (Å²) in [5, 5.41) is 3.11. The molecule has 2 aliphatic rings. The SMILES string of the molecule is Cc1ccc(S(=O)(=O)N2CCCCC2)cc1C(=O)NC1CCC(C)CC1. The fourth-order valence-corrected chi connectivity index (χ4v) is 5.47. The Hall–Kier alpha value is -1.40. The van der Waals surface area contributed by atoms with Gasteiger partial charge in [0, 0.05) is 24.7 Å². The van der Waals surface area contributed by atoms with E-state index in [1.54, 1.807) is 22.5 Å². The second-order valence-corrected chi connectivity index (χ2v) is 9.81. The Labute approximate surface area is 157 Å². The van der Waals surface area contributed by atoms with Crippen LogP contribution in [0.15, 0.2) is 23.1 Å². The number of hydrogen-bond acceptors (Lipinski definition) is 3. The van der Waals surface area contributed by atoms with Crippen LogP contribution < -0.4 is 5.32 Å². The minimum Gasteiger partial charge on any atom is -0.349 e. The van der Waals surface area contributed by atoms with Gasteiger partial charge in [-0.15, -0.1) is 0 Å². The largest absolute Gasteiger partial charge is 0.349 e. The van der Waals surface area contributed by atoms with E-state index in [9.17, 15) is 13.2 Å². The van der Waals surface area contributed by atoms with Gasteiger partial charge in [-0.05, 0) is 69.1 Å². The summed E-state index contributed by atoms with van der Waals surface area (Å²) in [4.78, 5) is 13.0. The van der Waals surface area contributed by atoms with Gasteiger partial charge in [-0.1, -0.05) is 19.4 Å². The van der Waals surface area contributed by atoms with Crippen LogP contribution >= 0.6 is 0 Å². The van der Waals surface area contributed by atoms with Crippen molar-refractivity contribution >= 4 is 15.9 Å². The number of carbonyl (C=O) groups excluding carboxylic acids is 1. The molecule has 0 aromatic heterocycles. The zero-order valence-corrected chi connectivity index (χ0v) is 16.6. The topological polar surface area (TPSA) is 66.5 Å². The van der Waals surface area contributed by atoms with Crippen molar-refractivity contribution in [2.24, 2.45) is 5.92 Å². The third-order valence-electron chi connectivity index (χ3n) is 5.76. The van der Waals surface area contributed by atoms with Gasteiger partial charge >= 0.3 is 0 Å². The fourth-order valence-electron chi connectivity index (χ4n) is 3.93. The molecule has 1 aromatic carbocycles. The van der Waals surface area contributed by atoms with Crippen molar-refractivity contribution in [1.29, 1.82) is 0 Å². The molecule has 1 aromatic rings. The lowest BCUT2D eigenvalue weighted by atomic mass is 9.87. The van der Waals surface area contributed by atoms with Crippen LogP contribution in [0.25, 0.3) is 0 Å². The molecule has 1 saturated carbocycles. The molecule has 3 rings (SSSR count). The number of aryl methyl sites for hydroxylation is 1. The van der Waals surface area contributed by atoms with Crippen molar-refractivity contribution in [3.63, 3.8) is 0 Å². The Morgan fingerprint density at radius 2 is 1.73 bits per heavy atom. The van der Waals surface area contributed by atoms with Crippen LogP contribution in [0, 0.1) is 12.8 Å². The highest BCUT2D eigenvalue weighted by Crippen LogP contribution is 2.25. The van der Waals surface area contributed by atoms with Gasteiger partial charge in [-0.2, -0.15) is 4.31 Å². The Morgan fingerprint density at radius 3 is 2.38 bits per heavy atom. The van der Waals surface area contributed by atoms with Gasteiger partial charge in [0.15, 0.2) is 0 Å². The number of nitrogens with zero attached hydrogens (tertiary/aromatic N) is 1. The standard InChI is InChI=1S/C20H30N2O3S/c1-15-6-9-17(10-7-15)21-20(23)19-14-18(11-8-16(19)2)26(24,25)22-12-4-3-5-13-22/h8,11,14-15,17H,3-7,9-10,12-13H2,1-2H3,(H,21,23). The molecule has 1 aliphatic carbocycles. The van der Waals surface area contributed by atoms with Crippen LogP contribution in [0.1, 0.15) is 67.8 Å². The number of piperidine rings is 1. The number of carbonyl (C=O) groups is 1. The fraction of sp³-hybridized carbons (Fsp3) is 0.650. The molecule has 1 saturated heterocycles. The monoisotopic (exact) mass is 378 g/mol. The predicted octanol–water partition coefficient (Wildman–Crippen LogP) is 3.48. The zero-order chi connectivity index (χ0) is 18.7. The van der Waals surface area contributed by atoms with E-state index in [2.05, 4.69) is 12.2 Å². The van der Waals surface area contributed by atoms with Crippen molar-refractivity contribution in [2.75, 3.05) is 13.1 Å². The van der Waals surface area contributed by atoms with Crippen molar-refractivity contribution in [2.45, 2.75) is 69.7 Å². The summed E-state index contributed by atoms with van der Waals surface area (Å²) < 4.78 is 27.3. The molecule has 26 heavy (non-hydrogen) atoms. The molecular formula is C20H30N2O3S. The summed E-state index contributed by atoms with van der Waals surface area (Å²) in [6.45, 7) is 5.24. The third-order valence-corrected chi connectivity index (χ3v) is 7.65. The summed E-state index contributed by atoms with van der Waals surface area (Å²) in [7, 11) is -3.52. The molecule has 1 amide bonds. The van der Waals surface area contributed by atoms with Gasteiger partial charge in [0.05, 0.1) is 4.90 Å². The van der Waals surface area contributed by atoms with Crippen LogP contribution in [-0.2, 0) is 10.0 Å². The molecule has 0 radical (unpaired) electrons. The number of amides is 1. The highest BCUT2D eigenvalue weighted by atomic mass is 32.2. The lowest BCUT2D eigenvalue weighted by molar-refractivity contribution is 0.0922. The number of rotatable bonds is 4. The predicted molar refractivity (Wildman–Crippen MR) is 103 cm³/mol. The van der Waals surface area contributed by atoms with Gasteiger partial charge < -0.3 is 5.32 Å². The summed E-state index contributed by atoms with van der Waals surface area (Å²) in [5.41, 5.74) is 1.28. The van der Waals surface area contributed by atoms with Crippen molar-refractivity contribution in [3.05, 3.63) is 29.3 Å². The molecule has 0 spiro atoms. The maximum atomic E-state index is 12.9. The highest BCUT2D eigenvalue weighted by Gasteiger charge is 2.27. The molecule has 144 valence electrons. The smallest absolute Gasteiger partial charge is 0.251 e. The average molecular weight is 379 g/mol. The minimum atomic E-state index is -3.52. The summed E-state index contributed by atoms with van der Waals surface area (Å²) >= 11 is 0. The molecule has 1 N–H and O–H groups in total.